The van der Waals surface area contributed by atoms with Crippen LogP contribution in [0.2, 0.25) is 0 Å². The van der Waals surface area contributed by atoms with Crippen molar-refractivity contribution in [1.29, 1.82) is 0 Å². The van der Waals surface area contributed by atoms with Gasteiger partial charge in [-0.05, 0) is 36.8 Å². The number of carbonyl (C=O) groups is 1. The number of carbonyl (C=O) groups excluding carboxylic acids is 1. The van der Waals surface area contributed by atoms with E-state index in [-0.39, 0.29) is 22.9 Å². The number of hydrogen-bond acceptors (Lipinski definition) is 6. The third-order valence-electron chi connectivity index (χ3n) is 5.15. The van der Waals surface area contributed by atoms with Crippen LogP contribution in [-0.2, 0) is 23.1 Å². The molecule has 0 aliphatic heterocycles. The van der Waals surface area contributed by atoms with Crippen molar-refractivity contribution in [3.63, 3.8) is 0 Å². The number of benzene rings is 2. The standard InChI is InChI=1S/C22H22N6O4S/c1-15-2-4-16(5-3-15)13-27-14-25-20-19(22(27)30)12-26-28(20)11-10-24-21(29)17-6-8-18(9-7-17)33(23,31)32/h2-9,12,14H,10-11,13H2,1H3,(H,24,29)(H2,23,31,32). The van der Waals surface area contributed by atoms with Crippen LogP contribution in [0.4, 0.5) is 0 Å². The molecule has 4 rings (SSSR count). The normalized spacial score (nSPS) is 11.6. The van der Waals surface area contributed by atoms with E-state index >= 15 is 0 Å². The molecule has 2 heterocycles. The van der Waals surface area contributed by atoms with Crippen molar-refractivity contribution in [1.82, 2.24) is 24.6 Å². The first kappa shape index (κ1) is 22.4. The van der Waals surface area contributed by atoms with E-state index in [4.69, 9.17) is 5.14 Å². The second-order valence-corrected chi connectivity index (χ2v) is 9.15. The number of nitrogens with two attached hydrogens (primary N) is 1. The fourth-order valence-corrected chi connectivity index (χ4v) is 3.85. The largest absolute Gasteiger partial charge is 0.350 e. The summed E-state index contributed by atoms with van der Waals surface area (Å²) in [6.45, 7) is 2.96. The minimum atomic E-state index is -3.82. The van der Waals surface area contributed by atoms with E-state index < -0.39 is 10.0 Å². The van der Waals surface area contributed by atoms with Crippen LogP contribution in [0.25, 0.3) is 11.0 Å². The lowest BCUT2D eigenvalue weighted by Gasteiger charge is -2.08. The highest BCUT2D eigenvalue weighted by molar-refractivity contribution is 7.89. The first-order valence-electron chi connectivity index (χ1n) is 10.1. The molecule has 0 spiro atoms. The highest BCUT2D eigenvalue weighted by atomic mass is 32.2. The summed E-state index contributed by atoms with van der Waals surface area (Å²) in [5, 5.41) is 12.4. The van der Waals surface area contributed by atoms with E-state index in [1.165, 1.54) is 41.4 Å². The first-order chi connectivity index (χ1) is 15.7. The zero-order chi connectivity index (χ0) is 23.6. The second-order valence-electron chi connectivity index (χ2n) is 7.59. The Morgan fingerprint density at radius 1 is 1.09 bits per heavy atom. The summed E-state index contributed by atoms with van der Waals surface area (Å²) >= 11 is 0. The number of amides is 1. The van der Waals surface area contributed by atoms with Gasteiger partial charge in [-0.3, -0.25) is 14.2 Å². The van der Waals surface area contributed by atoms with Gasteiger partial charge in [0.25, 0.3) is 11.5 Å². The van der Waals surface area contributed by atoms with E-state index in [1.54, 1.807) is 4.68 Å². The maximum absolute atomic E-state index is 12.8. The van der Waals surface area contributed by atoms with Gasteiger partial charge in [0.1, 0.15) is 11.7 Å². The van der Waals surface area contributed by atoms with Gasteiger partial charge in [-0.2, -0.15) is 5.10 Å². The van der Waals surface area contributed by atoms with Gasteiger partial charge in [0.15, 0.2) is 5.65 Å². The Bertz CT molecular complexity index is 1470. The molecular weight excluding hydrogens is 444 g/mol. The number of hydrogen-bond donors (Lipinski definition) is 2. The lowest BCUT2D eigenvalue weighted by Crippen LogP contribution is -2.28. The highest BCUT2D eigenvalue weighted by Crippen LogP contribution is 2.10. The molecule has 0 bridgehead atoms. The molecular formula is C22H22N6O4S. The molecule has 0 fully saturated rings. The van der Waals surface area contributed by atoms with Gasteiger partial charge in [-0.1, -0.05) is 29.8 Å². The molecule has 2 aromatic heterocycles. The number of fused-ring (bicyclic) bond motifs is 1. The Balaban J connectivity index is 1.42. The van der Waals surface area contributed by atoms with Crippen molar-refractivity contribution in [2.75, 3.05) is 6.54 Å². The predicted octanol–water partition coefficient (Wildman–Crippen LogP) is 1.03. The Morgan fingerprint density at radius 2 is 1.79 bits per heavy atom. The molecule has 0 atom stereocenters. The number of primary sulfonamides is 1. The van der Waals surface area contributed by atoms with Crippen LogP contribution < -0.4 is 16.0 Å². The minimum Gasteiger partial charge on any atom is -0.350 e. The smallest absolute Gasteiger partial charge is 0.264 e. The number of aryl methyl sites for hydroxylation is 1. The first-order valence-corrected chi connectivity index (χ1v) is 11.6. The van der Waals surface area contributed by atoms with E-state index in [9.17, 15) is 18.0 Å². The fraction of sp³-hybridized carbons (Fsp3) is 0.182. The Hall–Kier alpha value is -3.83. The maximum atomic E-state index is 12.8. The van der Waals surface area contributed by atoms with Crippen molar-refractivity contribution >= 4 is 27.0 Å². The Morgan fingerprint density at radius 3 is 2.45 bits per heavy atom. The van der Waals surface area contributed by atoms with Crippen molar-refractivity contribution in [2.45, 2.75) is 24.9 Å². The van der Waals surface area contributed by atoms with Crippen molar-refractivity contribution in [3.8, 4) is 0 Å². The van der Waals surface area contributed by atoms with E-state index in [0.717, 1.165) is 11.1 Å². The summed E-state index contributed by atoms with van der Waals surface area (Å²) in [4.78, 5) is 29.4. The lowest BCUT2D eigenvalue weighted by atomic mass is 10.1. The van der Waals surface area contributed by atoms with Gasteiger partial charge >= 0.3 is 0 Å². The molecule has 1 amide bonds. The summed E-state index contributed by atoms with van der Waals surface area (Å²) in [7, 11) is -3.82. The Kier molecular flexibility index (Phi) is 6.07. The molecule has 0 radical (unpaired) electrons. The number of nitrogens with one attached hydrogen (secondary N) is 1. The molecule has 2 aromatic carbocycles. The second kappa shape index (κ2) is 8.96. The fourth-order valence-electron chi connectivity index (χ4n) is 3.34. The number of rotatable bonds is 7. The van der Waals surface area contributed by atoms with Crippen LogP contribution in [0.3, 0.4) is 0 Å². The van der Waals surface area contributed by atoms with Crippen LogP contribution in [0.15, 0.2) is 70.7 Å². The van der Waals surface area contributed by atoms with Crippen LogP contribution in [0, 0.1) is 6.92 Å². The SMILES string of the molecule is Cc1ccc(Cn2cnc3c(cnn3CCNC(=O)c3ccc(S(N)(=O)=O)cc3)c2=O)cc1. The van der Waals surface area contributed by atoms with Crippen LogP contribution in [0.5, 0.6) is 0 Å². The molecule has 33 heavy (non-hydrogen) atoms. The quantitative estimate of drug-likeness (QED) is 0.417. The summed E-state index contributed by atoms with van der Waals surface area (Å²) in [5.74, 6) is -0.374. The maximum Gasteiger partial charge on any atom is 0.264 e. The third kappa shape index (κ3) is 4.99. The van der Waals surface area contributed by atoms with Crippen LogP contribution in [0.1, 0.15) is 21.5 Å². The molecule has 0 saturated heterocycles. The van der Waals surface area contributed by atoms with Gasteiger partial charge < -0.3 is 5.32 Å². The molecule has 0 unspecified atom stereocenters. The zero-order valence-electron chi connectivity index (χ0n) is 17.8. The molecule has 4 aromatic rings. The average molecular weight is 467 g/mol. The van der Waals surface area contributed by atoms with Crippen molar-refractivity contribution in [2.24, 2.45) is 5.14 Å². The summed E-state index contributed by atoms with van der Waals surface area (Å²) in [5.41, 5.74) is 2.69. The number of sulfonamides is 1. The van der Waals surface area contributed by atoms with Gasteiger partial charge in [0, 0.05) is 12.1 Å². The molecule has 3 N–H and O–H groups in total. The summed E-state index contributed by atoms with van der Waals surface area (Å²) in [6, 6.07) is 13.3. The predicted molar refractivity (Wildman–Crippen MR) is 122 cm³/mol. The van der Waals surface area contributed by atoms with Crippen molar-refractivity contribution < 1.29 is 13.2 Å². The molecule has 170 valence electrons. The monoisotopic (exact) mass is 466 g/mol. The molecule has 0 aliphatic carbocycles. The zero-order valence-corrected chi connectivity index (χ0v) is 18.6. The topological polar surface area (TPSA) is 142 Å². The van der Waals surface area contributed by atoms with Crippen LogP contribution >= 0.6 is 0 Å². The summed E-state index contributed by atoms with van der Waals surface area (Å²) in [6.07, 6.45) is 2.97. The van der Waals surface area contributed by atoms with Gasteiger partial charge in [0.05, 0.1) is 24.2 Å². The summed E-state index contributed by atoms with van der Waals surface area (Å²) < 4.78 is 25.7. The third-order valence-corrected chi connectivity index (χ3v) is 6.08. The van der Waals surface area contributed by atoms with Gasteiger partial charge in [0.2, 0.25) is 10.0 Å². The highest BCUT2D eigenvalue weighted by Gasteiger charge is 2.12. The molecule has 10 nitrogen and oxygen atoms in total. The molecule has 0 saturated carbocycles. The number of nitrogens with zero attached hydrogens (tertiary/aromatic N) is 4. The minimum absolute atomic E-state index is 0.0684. The number of aromatic nitrogens is 4. The van der Waals surface area contributed by atoms with E-state index in [0.29, 0.717) is 29.7 Å². The van der Waals surface area contributed by atoms with E-state index in [1.807, 2.05) is 31.2 Å². The van der Waals surface area contributed by atoms with Crippen LogP contribution in [-0.4, -0.2) is 40.2 Å². The lowest BCUT2D eigenvalue weighted by molar-refractivity contribution is 0.0952. The van der Waals surface area contributed by atoms with Crippen molar-refractivity contribution in [3.05, 3.63) is 88.1 Å². The van der Waals surface area contributed by atoms with Gasteiger partial charge in [-0.25, -0.2) is 23.2 Å². The molecule has 0 aliphatic rings. The van der Waals surface area contributed by atoms with Gasteiger partial charge in [-0.15, -0.1) is 0 Å². The average Bonchev–Trinajstić information content (AvgIpc) is 3.20. The molecule has 11 heteroatoms. The van der Waals surface area contributed by atoms with E-state index in [2.05, 4.69) is 15.4 Å². The Labute approximate surface area is 189 Å².